The third-order valence-corrected chi connectivity index (χ3v) is 5.80. The van der Waals surface area contributed by atoms with Crippen molar-refractivity contribution in [2.24, 2.45) is 0 Å². The molecule has 0 spiro atoms. The number of para-hydroxylation sites is 1. The largest absolute Gasteiger partial charge is 0.478 e. The lowest BCUT2D eigenvalue weighted by molar-refractivity contribution is 0.0696. The van der Waals surface area contributed by atoms with Crippen LogP contribution in [0.5, 0.6) is 0 Å². The Morgan fingerprint density at radius 2 is 1.83 bits per heavy atom. The van der Waals surface area contributed by atoms with Crippen molar-refractivity contribution in [3.63, 3.8) is 0 Å². The molecule has 5 nitrogen and oxygen atoms in total. The van der Waals surface area contributed by atoms with E-state index in [1.54, 1.807) is 26.0 Å². The van der Waals surface area contributed by atoms with Crippen LogP contribution in [0.25, 0.3) is 0 Å². The predicted octanol–water partition coefficient (Wildman–Crippen LogP) is 3.52. The van der Waals surface area contributed by atoms with Crippen LogP contribution in [-0.4, -0.2) is 25.7 Å². The summed E-state index contributed by atoms with van der Waals surface area (Å²) in [5.41, 5.74) is 1.57. The Morgan fingerprint density at radius 1 is 1.17 bits per heavy atom. The Kier molecular flexibility index (Phi) is 5.01. The number of sulfonamides is 1. The van der Waals surface area contributed by atoms with E-state index >= 15 is 0 Å². The number of anilines is 1. The molecule has 0 atom stereocenters. The van der Waals surface area contributed by atoms with E-state index in [0.29, 0.717) is 16.8 Å². The fourth-order valence-electron chi connectivity index (χ4n) is 2.16. The molecule has 0 radical (unpaired) electrons. The van der Waals surface area contributed by atoms with Crippen LogP contribution in [-0.2, 0) is 10.0 Å². The predicted molar refractivity (Wildman–Crippen MR) is 91.9 cm³/mol. The fraction of sp³-hybridized carbons (Fsp3) is 0.188. The van der Waals surface area contributed by atoms with Gasteiger partial charge in [0.05, 0.1) is 16.1 Å². The van der Waals surface area contributed by atoms with Crippen LogP contribution < -0.4 is 4.72 Å². The molecule has 7 heteroatoms. The Balaban J connectivity index is 2.54. The van der Waals surface area contributed by atoms with E-state index in [9.17, 15) is 13.2 Å². The highest BCUT2D eigenvalue weighted by molar-refractivity contribution is 7.99. The minimum atomic E-state index is -3.88. The van der Waals surface area contributed by atoms with Crippen LogP contribution in [0.4, 0.5) is 5.69 Å². The number of nitrogens with one attached hydrogen (secondary N) is 1. The van der Waals surface area contributed by atoms with Crippen LogP contribution >= 0.6 is 11.8 Å². The van der Waals surface area contributed by atoms with E-state index in [-0.39, 0.29) is 10.5 Å². The first-order valence-electron chi connectivity index (χ1n) is 6.76. The molecular formula is C16H17NO4S2. The van der Waals surface area contributed by atoms with Crippen molar-refractivity contribution in [3.05, 3.63) is 53.1 Å². The zero-order valence-corrected chi connectivity index (χ0v) is 14.6. The second kappa shape index (κ2) is 6.64. The lowest BCUT2D eigenvalue weighted by atomic mass is 10.1. The maximum atomic E-state index is 12.7. The molecule has 0 fully saturated rings. The van der Waals surface area contributed by atoms with Crippen LogP contribution in [0.3, 0.4) is 0 Å². The van der Waals surface area contributed by atoms with Gasteiger partial charge in [0.1, 0.15) is 0 Å². The zero-order chi connectivity index (χ0) is 17.2. The van der Waals surface area contributed by atoms with Gasteiger partial charge in [-0.05, 0) is 55.5 Å². The van der Waals surface area contributed by atoms with E-state index in [1.807, 2.05) is 18.4 Å². The van der Waals surface area contributed by atoms with Crippen LogP contribution in [0.15, 0.2) is 46.2 Å². The van der Waals surface area contributed by atoms with E-state index in [4.69, 9.17) is 5.11 Å². The molecule has 0 amide bonds. The van der Waals surface area contributed by atoms with Crippen molar-refractivity contribution in [1.29, 1.82) is 0 Å². The summed E-state index contributed by atoms with van der Waals surface area (Å²) in [7, 11) is -3.88. The van der Waals surface area contributed by atoms with Gasteiger partial charge in [0.25, 0.3) is 10.0 Å². The maximum Gasteiger partial charge on any atom is 0.335 e. The van der Waals surface area contributed by atoms with Crippen molar-refractivity contribution in [1.82, 2.24) is 0 Å². The summed E-state index contributed by atoms with van der Waals surface area (Å²) in [6.07, 6.45) is 1.85. The smallest absolute Gasteiger partial charge is 0.335 e. The molecule has 122 valence electrons. The summed E-state index contributed by atoms with van der Waals surface area (Å²) in [4.78, 5) is 12.0. The summed E-state index contributed by atoms with van der Waals surface area (Å²) < 4.78 is 28.0. The molecule has 0 saturated heterocycles. The summed E-state index contributed by atoms with van der Waals surface area (Å²) >= 11 is 1.43. The van der Waals surface area contributed by atoms with Gasteiger partial charge in [0.15, 0.2) is 0 Å². The summed E-state index contributed by atoms with van der Waals surface area (Å²) in [6.45, 7) is 3.35. The molecule has 2 N–H and O–H groups in total. The van der Waals surface area contributed by atoms with Gasteiger partial charge in [-0.3, -0.25) is 4.72 Å². The molecule has 2 aromatic rings. The van der Waals surface area contributed by atoms with Gasteiger partial charge in [0, 0.05) is 4.90 Å². The number of rotatable bonds is 5. The van der Waals surface area contributed by atoms with Crippen molar-refractivity contribution < 1.29 is 18.3 Å². The molecule has 0 bridgehead atoms. The Morgan fingerprint density at radius 3 is 2.43 bits per heavy atom. The molecule has 0 aromatic heterocycles. The molecule has 23 heavy (non-hydrogen) atoms. The number of benzene rings is 2. The number of hydrogen-bond donors (Lipinski definition) is 2. The van der Waals surface area contributed by atoms with Gasteiger partial charge in [-0.1, -0.05) is 12.1 Å². The molecule has 2 aromatic carbocycles. The summed E-state index contributed by atoms with van der Waals surface area (Å²) in [5, 5.41) is 9.14. The molecule has 0 unspecified atom stereocenters. The van der Waals surface area contributed by atoms with E-state index < -0.39 is 16.0 Å². The highest BCUT2D eigenvalue weighted by Crippen LogP contribution is 2.29. The quantitative estimate of drug-likeness (QED) is 0.805. The minimum Gasteiger partial charge on any atom is -0.478 e. The van der Waals surface area contributed by atoms with Gasteiger partial charge in [-0.2, -0.15) is 0 Å². The second-order valence-electron chi connectivity index (χ2n) is 5.03. The van der Waals surface area contributed by atoms with Crippen LogP contribution in [0, 0.1) is 13.8 Å². The summed E-state index contributed by atoms with van der Waals surface area (Å²) in [5.74, 6) is -1.16. The molecule has 2 rings (SSSR count). The first kappa shape index (κ1) is 17.4. The SMILES string of the molecule is CSc1ccccc1NS(=O)(=O)c1cc(C(=O)O)cc(C)c1C. The van der Waals surface area contributed by atoms with Crippen molar-refractivity contribution >= 4 is 33.4 Å². The molecular weight excluding hydrogens is 334 g/mol. The van der Waals surface area contributed by atoms with Gasteiger partial charge in [0.2, 0.25) is 0 Å². The lowest BCUT2D eigenvalue weighted by Gasteiger charge is -2.14. The van der Waals surface area contributed by atoms with E-state index in [2.05, 4.69) is 4.72 Å². The number of carbonyl (C=O) groups is 1. The number of carboxylic acids is 1. The second-order valence-corrected chi connectivity index (χ2v) is 7.53. The van der Waals surface area contributed by atoms with Crippen LogP contribution in [0.2, 0.25) is 0 Å². The van der Waals surface area contributed by atoms with E-state index in [0.717, 1.165) is 4.90 Å². The molecule has 0 aliphatic heterocycles. The van der Waals surface area contributed by atoms with Crippen molar-refractivity contribution in [2.75, 3.05) is 11.0 Å². The zero-order valence-electron chi connectivity index (χ0n) is 13.0. The van der Waals surface area contributed by atoms with Crippen molar-refractivity contribution in [2.45, 2.75) is 23.6 Å². The van der Waals surface area contributed by atoms with Crippen LogP contribution in [0.1, 0.15) is 21.5 Å². The maximum absolute atomic E-state index is 12.7. The first-order valence-corrected chi connectivity index (χ1v) is 9.47. The third-order valence-electron chi connectivity index (χ3n) is 3.51. The van der Waals surface area contributed by atoms with Crippen molar-refractivity contribution in [3.8, 4) is 0 Å². The lowest BCUT2D eigenvalue weighted by Crippen LogP contribution is -2.16. The fourth-order valence-corrected chi connectivity index (χ4v) is 4.20. The monoisotopic (exact) mass is 351 g/mol. The average Bonchev–Trinajstić information content (AvgIpc) is 2.49. The van der Waals surface area contributed by atoms with Gasteiger partial charge in [-0.25, -0.2) is 13.2 Å². The summed E-state index contributed by atoms with van der Waals surface area (Å²) in [6, 6.07) is 9.70. The Hall–Kier alpha value is -1.99. The molecule has 0 aliphatic rings. The highest BCUT2D eigenvalue weighted by Gasteiger charge is 2.21. The molecule has 0 heterocycles. The van der Waals surface area contributed by atoms with Gasteiger partial charge < -0.3 is 5.11 Å². The number of aromatic carboxylic acids is 1. The number of carboxylic acid groups (broad SMARTS) is 1. The van der Waals surface area contributed by atoms with Gasteiger partial charge >= 0.3 is 5.97 Å². The first-order chi connectivity index (χ1) is 10.8. The normalized spacial score (nSPS) is 11.3. The third kappa shape index (κ3) is 3.68. The topological polar surface area (TPSA) is 83.5 Å². The van der Waals surface area contributed by atoms with E-state index in [1.165, 1.54) is 23.9 Å². The Bertz CT molecular complexity index is 860. The Labute approximate surface area is 139 Å². The molecule has 0 saturated carbocycles. The highest BCUT2D eigenvalue weighted by atomic mass is 32.2. The number of thioether (sulfide) groups is 1. The average molecular weight is 351 g/mol. The van der Waals surface area contributed by atoms with Gasteiger partial charge in [-0.15, -0.1) is 11.8 Å². The number of aryl methyl sites for hydroxylation is 1. The molecule has 0 aliphatic carbocycles. The standard InChI is InChI=1S/C16H17NO4S2/c1-10-8-12(16(18)19)9-15(11(10)2)23(20,21)17-13-6-4-5-7-14(13)22-3/h4-9,17H,1-3H3,(H,18,19). The minimum absolute atomic E-state index is 0.0224. The number of hydrogen-bond acceptors (Lipinski definition) is 4.